The van der Waals surface area contributed by atoms with Crippen molar-refractivity contribution in [2.75, 3.05) is 12.4 Å². The van der Waals surface area contributed by atoms with Crippen LogP contribution in [0, 0.1) is 0 Å². The van der Waals surface area contributed by atoms with Crippen molar-refractivity contribution in [1.82, 2.24) is 19.3 Å². The highest BCUT2D eigenvalue weighted by molar-refractivity contribution is 7.84. The molecule has 10 heteroatoms. The van der Waals surface area contributed by atoms with Crippen LogP contribution in [0.5, 0.6) is 0 Å². The van der Waals surface area contributed by atoms with Gasteiger partial charge in [-0.15, -0.1) is 0 Å². The standard InChI is InChI=1S/C22H27N5O4S/c1-31-32(29,30)26-19-11-15(12-20(19)28)27-10-9-17-21(23-13-24-22(17)27)25-18-8-4-6-14-5-2-3-7-16(14)18/h2-3,5,7,9-10,13,15,18-20,26,28H,4,6,8,11-12H2,1H3,(H,23,24,25)/t15-,18+,19+,20+/m1/s1. The normalized spacial score (nSPS) is 25.7. The van der Waals surface area contributed by atoms with Crippen LogP contribution in [0.25, 0.3) is 11.0 Å². The summed E-state index contributed by atoms with van der Waals surface area (Å²) in [7, 11) is -2.78. The molecule has 0 saturated heterocycles. The second kappa shape index (κ2) is 8.43. The minimum absolute atomic E-state index is 0.0924. The fourth-order valence-corrected chi connectivity index (χ4v) is 5.75. The third-order valence-corrected chi connectivity index (χ3v) is 7.63. The van der Waals surface area contributed by atoms with Gasteiger partial charge in [0.25, 0.3) is 0 Å². The Labute approximate surface area is 187 Å². The molecule has 0 aliphatic heterocycles. The fourth-order valence-electron chi connectivity index (χ4n) is 5.03. The molecule has 1 saturated carbocycles. The Morgan fingerprint density at radius 2 is 2.03 bits per heavy atom. The van der Waals surface area contributed by atoms with Gasteiger partial charge in [-0.25, -0.2) is 9.97 Å². The second-order valence-electron chi connectivity index (χ2n) is 8.51. The van der Waals surface area contributed by atoms with Gasteiger partial charge in [-0.3, -0.25) is 4.18 Å². The molecule has 1 aromatic carbocycles. The second-order valence-corrected chi connectivity index (χ2v) is 9.99. The Morgan fingerprint density at radius 3 is 2.88 bits per heavy atom. The third kappa shape index (κ3) is 3.99. The van der Waals surface area contributed by atoms with Crippen LogP contribution in [0.15, 0.2) is 42.9 Å². The van der Waals surface area contributed by atoms with E-state index in [0.717, 1.165) is 43.2 Å². The van der Waals surface area contributed by atoms with E-state index in [-0.39, 0.29) is 12.1 Å². The molecule has 5 rings (SSSR count). The van der Waals surface area contributed by atoms with E-state index >= 15 is 0 Å². The van der Waals surface area contributed by atoms with Gasteiger partial charge in [-0.2, -0.15) is 13.1 Å². The smallest absolute Gasteiger partial charge is 0.335 e. The van der Waals surface area contributed by atoms with Crippen LogP contribution in [0.2, 0.25) is 0 Å². The average molecular weight is 458 g/mol. The molecule has 3 N–H and O–H groups in total. The summed E-state index contributed by atoms with van der Waals surface area (Å²) in [6.45, 7) is 0. The Bertz CT molecular complexity index is 1230. The summed E-state index contributed by atoms with van der Waals surface area (Å²) in [6.07, 6.45) is 6.81. The van der Waals surface area contributed by atoms with Crippen molar-refractivity contribution in [2.45, 2.75) is 56.3 Å². The van der Waals surface area contributed by atoms with E-state index in [9.17, 15) is 13.5 Å². The minimum atomic E-state index is -3.87. The van der Waals surface area contributed by atoms with E-state index < -0.39 is 22.4 Å². The maximum Gasteiger partial charge on any atom is 0.335 e. The number of hydrogen-bond acceptors (Lipinski definition) is 7. The third-order valence-electron chi connectivity index (χ3n) is 6.60. The highest BCUT2D eigenvalue weighted by Gasteiger charge is 2.37. The van der Waals surface area contributed by atoms with Crippen LogP contribution >= 0.6 is 0 Å². The first-order chi connectivity index (χ1) is 15.4. The molecule has 2 aliphatic rings. The number of aromatic nitrogens is 3. The van der Waals surface area contributed by atoms with Crippen molar-refractivity contribution in [3.63, 3.8) is 0 Å². The summed E-state index contributed by atoms with van der Waals surface area (Å²) in [5, 5.41) is 14.9. The van der Waals surface area contributed by atoms with Crippen LogP contribution in [0.1, 0.15) is 48.9 Å². The maximum absolute atomic E-state index is 11.7. The number of fused-ring (bicyclic) bond motifs is 2. The summed E-state index contributed by atoms with van der Waals surface area (Å²) in [6, 6.07) is 10.00. The summed E-state index contributed by atoms with van der Waals surface area (Å²) in [4.78, 5) is 9.00. The molecule has 0 radical (unpaired) electrons. The number of aryl methyl sites for hydroxylation is 1. The minimum Gasteiger partial charge on any atom is -0.391 e. The fraction of sp³-hybridized carbons (Fsp3) is 0.455. The van der Waals surface area contributed by atoms with E-state index in [4.69, 9.17) is 0 Å². The van der Waals surface area contributed by atoms with Crippen molar-refractivity contribution in [1.29, 1.82) is 0 Å². The zero-order chi connectivity index (χ0) is 22.3. The first-order valence-corrected chi connectivity index (χ1v) is 12.3. The lowest BCUT2D eigenvalue weighted by molar-refractivity contribution is 0.154. The van der Waals surface area contributed by atoms with Gasteiger partial charge in [-0.05, 0) is 49.3 Å². The van der Waals surface area contributed by atoms with Crippen molar-refractivity contribution in [2.24, 2.45) is 0 Å². The van der Waals surface area contributed by atoms with Crippen molar-refractivity contribution in [3.05, 3.63) is 54.0 Å². The van der Waals surface area contributed by atoms with Crippen molar-refractivity contribution < 1.29 is 17.7 Å². The quantitative estimate of drug-likeness (QED) is 0.520. The number of rotatable bonds is 6. The molecule has 170 valence electrons. The molecule has 2 aromatic heterocycles. The molecule has 9 nitrogen and oxygen atoms in total. The van der Waals surface area contributed by atoms with E-state index in [2.05, 4.69) is 48.5 Å². The van der Waals surface area contributed by atoms with Gasteiger partial charge < -0.3 is 15.0 Å². The van der Waals surface area contributed by atoms with Gasteiger partial charge in [0, 0.05) is 12.2 Å². The number of anilines is 1. The van der Waals surface area contributed by atoms with Crippen LogP contribution in [-0.4, -0.2) is 47.3 Å². The van der Waals surface area contributed by atoms with E-state index in [1.54, 1.807) is 6.33 Å². The van der Waals surface area contributed by atoms with Crippen molar-refractivity contribution in [3.8, 4) is 0 Å². The topological polar surface area (TPSA) is 118 Å². The van der Waals surface area contributed by atoms with Gasteiger partial charge in [0.2, 0.25) is 0 Å². The molecule has 0 bridgehead atoms. The number of nitrogens with one attached hydrogen (secondary N) is 2. The molecule has 4 atom stereocenters. The highest BCUT2D eigenvalue weighted by Crippen LogP contribution is 2.36. The average Bonchev–Trinajstić information content (AvgIpc) is 3.38. The number of benzene rings is 1. The van der Waals surface area contributed by atoms with E-state index in [1.807, 2.05) is 16.8 Å². The molecule has 1 fully saturated rings. The van der Waals surface area contributed by atoms with Crippen LogP contribution in [0.4, 0.5) is 5.82 Å². The number of aliphatic hydroxyl groups excluding tert-OH is 1. The Morgan fingerprint density at radius 1 is 1.19 bits per heavy atom. The number of aliphatic hydroxyl groups is 1. The largest absolute Gasteiger partial charge is 0.391 e. The van der Waals surface area contributed by atoms with Crippen LogP contribution in [0.3, 0.4) is 0 Å². The monoisotopic (exact) mass is 457 g/mol. The molecule has 0 amide bonds. The molecule has 2 heterocycles. The first kappa shape index (κ1) is 21.3. The lowest BCUT2D eigenvalue weighted by Gasteiger charge is -2.27. The molecule has 3 aromatic rings. The SMILES string of the molecule is COS(=O)(=O)N[C@H]1C[C@@H](n2ccc3c(N[C@H]4CCCc5ccccc54)ncnc32)C[C@@H]1O. The van der Waals surface area contributed by atoms with Crippen molar-refractivity contribution >= 4 is 27.2 Å². The molecular formula is C22H27N5O4S. The number of nitrogens with zero attached hydrogens (tertiary/aromatic N) is 3. The van der Waals surface area contributed by atoms with E-state index in [0.29, 0.717) is 12.8 Å². The highest BCUT2D eigenvalue weighted by atomic mass is 32.2. The Hall–Kier alpha value is -2.53. The molecule has 0 spiro atoms. The first-order valence-electron chi connectivity index (χ1n) is 10.9. The zero-order valence-corrected chi connectivity index (χ0v) is 18.6. The van der Waals surface area contributed by atoms with Gasteiger partial charge in [0.15, 0.2) is 0 Å². The van der Waals surface area contributed by atoms with Crippen LogP contribution in [-0.2, 0) is 20.9 Å². The predicted molar refractivity (Wildman–Crippen MR) is 120 cm³/mol. The van der Waals surface area contributed by atoms with Gasteiger partial charge in [0.05, 0.1) is 30.7 Å². The Kier molecular flexibility index (Phi) is 5.62. The summed E-state index contributed by atoms with van der Waals surface area (Å²) < 4.78 is 32.4. The molecule has 32 heavy (non-hydrogen) atoms. The van der Waals surface area contributed by atoms with Gasteiger partial charge >= 0.3 is 10.3 Å². The lowest BCUT2D eigenvalue weighted by Crippen LogP contribution is -2.40. The number of hydrogen-bond donors (Lipinski definition) is 3. The van der Waals surface area contributed by atoms with Gasteiger partial charge in [0.1, 0.15) is 17.8 Å². The molecule has 2 aliphatic carbocycles. The summed E-state index contributed by atoms with van der Waals surface area (Å²) in [5.74, 6) is 0.783. The zero-order valence-electron chi connectivity index (χ0n) is 17.8. The molecular weight excluding hydrogens is 430 g/mol. The summed E-state index contributed by atoms with van der Waals surface area (Å²) >= 11 is 0. The van der Waals surface area contributed by atoms with E-state index in [1.165, 1.54) is 11.1 Å². The predicted octanol–water partition coefficient (Wildman–Crippen LogP) is 2.47. The molecule has 0 unspecified atom stereocenters. The van der Waals surface area contributed by atoms with Gasteiger partial charge in [-0.1, -0.05) is 24.3 Å². The Balaban J connectivity index is 1.40. The summed E-state index contributed by atoms with van der Waals surface area (Å²) in [5.41, 5.74) is 3.46. The maximum atomic E-state index is 11.7. The van der Waals surface area contributed by atoms with Crippen LogP contribution < -0.4 is 10.0 Å². The lowest BCUT2D eigenvalue weighted by atomic mass is 9.88.